The van der Waals surface area contributed by atoms with Crippen LogP contribution in [0.3, 0.4) is 0 Å². The van der Waals surface area contributed by atoms with Crippen molar-refractivity contribution in [3.8, 4) is 17.3 Å². The van der Waals surface area contributed by atoms with Gasteiger partial charge in [-0.3, -0.25) is 9.78 Å². The van der Waals surface area contributed by atoms with Crippen molar-refractivity contribution in [3.05, 3.63) is 94.9 Å². The molecule has 33 heavy (non-hydrogen) atoms. The molecule has 164 valence electrons. The van der Waals surface area contributed by atoms with Crippen molar-refractivity contribution in [1.29, 1.82) is 0 Å². The van der Waals surface area contributed by atoms with Crippen LogP contribution in [0.4, 0.5) is 0 Å². The van der Waals surface area contributed by atoms with E-state index in [0.29, 0.717) is 28.6 Å². The van der Waals surface area contributed by atoms with Gasteiger partial charge in [0, 0.05) is 40.6 Å². The van der Waals surface area contributed by atoms with Gasteiger partial charge in [0.2, 0.25) is 11.7 Å². The van der Waals surface area contributed by atoms with Crippen LogP contribution in [-0.2, 0) is 6.54 Å². The highest BCUT2D eigenvalue weighted by Crippen LogP contribution is 2.32. The summed E-state index contributed by atoms with van der Waals surface area (Å²) in [4.78, 5) is 26.0. The summed E-state index contributed by atoms with van der Waals surface area (Å²) in [6.07, 6.45) is 6.06. The zero-order valence-corrected chi connectivity index (χ0v) is 18.7. The highest BCUT2D eigenvalue weighted by Gasteiger charge is 2.25. The minimum absolute atomic E-state index is 0.132. The molecule has 0 aliphatic heterocycles. The van der Waals surface area contributed by atoms with E-state index < -0.39 is 0 Å². The smallest absolute Gasteiger partial charge is 0.247 e. The number of hydrogen-bond donors (Lipinski definition) is 0. The second-order valence-electron chi connectivity index (χ2n) is 7.51. The molecular formula is C25H19ClN4O3. The summed E-state index contributed by atoms with van der Waals surface area (Å²) in [6.45, 7) is 2.51. The van der Waals surface area contributed by atoms with Gasteiger partial charge in [0.25, 0.3) is 0 Å². The van der Waals surface area contributed by atoms with E-state index in [4.69, 9.17) is 20.8 Å². The zero-order valence-electron chi connectivity index (χ0n) is 17.9. The lowest BCUT2D eigenvalue weighted by molar-refractivity contribution is 0.101. The number of oxazole rings is 1. The molecule has 0 spiro atoms. The molecule has 3 heterocycles. The number of carbonyl (C=O) groups is 1. The summed E-state index contributed by atoms with van der Waals surface area (Å²) < 4.78 is 13.3. The fourth-order valence-electron chi connectivity index (χ4n) is 3.88. The molecule has 0 saturated heterocycles. The molecule has 0 radical (unpaired) electrons. The maximum atomic E-state index is 13.6. The van der Waals surface area contributed by atoms with E-state index in [1.807, 2.05) is 49.4 Å². The molecule has 5 rings (SSSR count). The Bertz CT molecular complexity index is 1460. The van der Waals surface area contributed by atoms with Crippen molar-refractivity contribution in [3.63, 3.8) is 0 Å². The Labute approximate surface area is 194 Å². The minimum atomic E-state index is -0.261. The Morgan fingerprint density at radius 2 is 1.91 bits per heavy atom. The average Bonchev–Trinajstić information content (AvgIpc) is 3.44. The number of fused-ring (bicyclic) bond motifs is 1. The molecule has 0 unspecified atom stereocenters. The van der Waals surface area contributed by atoms with Crippen LogP contribution in [0.15, 0.2) is 71.7 Å². The van der Waals surface area contributed by atoms with Crippen LogP contribution in [0.5, 0.6) is 5.75 Å². The Kier molecular flexibility index (Phi) is 5.40. The minimum Gasteiger partial charge on any atom is -0.497 e. The normalized spacial score (nSPS) is 11.1. The third kappa shape index (κ3) is 3.87. The van der Waals surface area contributed by atoms with Gasteiger partial charge in [-0.1, -0.05) is 23.7 Å². The molecule has 0 amide bonds. The Morgan fingerprint density at radius 3 is 2.64 bits per heavy atom. The zero-order chi connectivity index (χ0) is 22.9. The summed E-state index contributed by atoms with van der Waals surface area (Å²) in [5.41, 5.74) is 3.80. The number of aromatic nitrogens is 4. The first-order valence-corrected chi connectivity index (χ1v) is 10.6. The molecule has 0 aliphatic carbocycles. The fraction of sp³-hybridized carbons (Fsp3) is 0.120. The topological polar surface area (TPSA) is 83.0 Å². The summed E-state index contributed by atoms with van der Waals surface area (Å²) in [5, 5.41) is 1.46. The standard InChI is InChI=1S/C25H19ClN4O3/c1-15-23(24(31)22-13-29-25(33-22)20-12-27-9-10-28-20)19-11-18(32-2)7-8-21(19)30(15)14-16-3-5-17(26)6-4-16/h3-13H,14H2,1-2H3. The van der Waals surface area contributed by atoms with Crippen LogP contribution in [0.2, 0.25) is 5.02 Å². The number of benzene rings is 2. The van der Waals surface area contributed by atoms with Gasteiger partial charge in [-0.2, -0.15) is 0 Å². The van der Waals surface area contributed by atoms with Crippen molar-refractivity contribution < 1.29 is 13.9 Å². The van der Waals surface area contributed by atoms with E-state index in [9.17, 15) is 4.79 Å². The number of halogens is 1. The Hall–Kier alpha value is -3.97. The van der Waals surface area contributed by atoms with Gasteiger partial charge in [-0.05, 0) is 42.8 Å². The molecule has 2 aromatic carbocycles. The summed E-state index contributed by atoms with van der Waals surface area (Å²) >= 11 is 6.04. The Morgan fingerprint density at radius 1 is 1.09 bits per heavy atom. The number of nitrogens with zero attached hydrogens (tertiary/aromatic N) is 4. The SMILES string of the molecule is COc1ccc2c(c1)c(C(=O)c1cnc(-c3cnccn3)o1)c(C)n2Cc1ccc(Cl)cc1. The molecule has 5 aromatic rings. The van der Waals surface area contributed by atoms with E-state index in [-0.39, 0.29) is 17.4 Å². The molecule has 0 saturated carbocycles. The van der Waals surface area contributed by atoms with Crippen LogP contribution in [0.1, 0.15) is 27.4 Å². The lowest BCUT2D eigenvalue weighted by atomic mass is 10.1. The van der Waals surface area contributed by atoms with Crippen LogP contribution in [0, 0.1) is 6.92 Å². The molecule has 7 nitrogen and oxygen atoms in total. The molecule has 0 fully saturated rings. The predicted molar refractivity (Wildman–Crippen MR) is 125 cm³/mol. The van der Waals surface area contributed by atoms with Gasteiger partial charge in [-0.25, -0.2) is 9.97 Å². The number of rotatable bonds is 6. The first-order chi connectivity index (χ1) is 16.0. The van der Waals surface area contributed by atoms with Crippen LogP contribution < -0.4 is 4.74 Å². The number of carbonyl (C=O) groups excluding carboxylic acids is 1. The molecule has 0 bridgehead atoms. The summed E-state index contributed by atoms with van der Waals surface area (Å²) in [7, 11) is 1.60. The molecule has 0 N–H and O–H groups in total. The predicted octanol–water partition coefficient (Wildman–Crippen LogP) is 5.34. The third-order valence-corrected chi connectivity index (χ3v) is 5.78. The van der Waals surface area contributed by atoms with E-state index in [0.717, 1.165) is 22.2 Å². The highest BCUT2D eigenvalue weighted by molar-refractivity contribution is 6.30. The lowest BCUT2D eigenvalue weighted by Crippen LogP contribution is -2.05. The van der Waals surface area contributed by atoms with E-state index in [2.05, 4.69) is 19.5 Å². The molecule has 8 heteroatoms. The maximum Gasteiger partial charge on any atom is 0.247 e. The second kappa shape index (κ2) is 8.52. The van der Waals surface area contributed by atoms with E-state index in [1.54, 1.807) is 19.5 Å². The van der Waals surface area contributed by atoms with Gasteiger partial charge in [0.1, 0.15) is 11.4 Å². The maximum absolute atomic E-state index is 13.6. The molecule has 0 atom stereocenters. The van der Waals surface area contributed by atoms with Gasteiger partial charge in [-0.15, -0.1) is 0 Å². The van der Waals surface area contributed by atoms with Gasteiger partial charge < -0.3 is 13.7 Å². The van der Waals surface area contributed by atoms with Crippen LogP contribution in [-0.4, -0.2) is 32.4 Å². The molecular weight excluding hydrogens is 440 g/mol. The monoisotopic (exact) mass is 458 g/mol. The molecule has 3 aromatic heterocycles. The van der Waals surface area contributed by atoms with Crippen LogP contribution >= 0.6 is 11.6 Å². The third-order valence-electron chi connectivity index (χ3n) is 5.52. The van der Waals surface area contributed by atoms with Crippen molar-refractivity contribution in [2.24, 2.45) is 0 Å². The largest absolute Gasteiger partial charge is 0.497 e. The van der Waals surface area contributed by atoms with E-state index >= 15 is 0 Å². The highest BCUT2D eigenvalue weighted by atomic mass is 35.5. The Balaban J connectivity index is 1.61. The number of hydrogen-bond acceptors (Lipinski definition) is 6. The number of ether oxygens (including phenoxy) is 1. The lowest BCUT2D eigenvalue weighted by Gasteiger charge is -2.09. The number of methoxy groups -OCH3 is 1. The van der Waals surface area contributed by atoms with Crippen molar-refractivity contribution in [2.45, 2.75) is 13.5 Å². The summed E-state index contributed by atoms with van der Waals surface area (Å²) in [6, 6.07) is 13.4. The van der Waals surface area contributed by atoms with Crippen molar-refractivity contribution >= 4 is 28.3 Å². The van der Waals surface area contributed by atoms with E-state index in [1.165, 1.54) is 12.4 Å². The number of ketones is 1. The first kappa shape index (κ1) is 20.9. The second-order valence-corrected chi connectivity index (χ2v) is 7.94. The van der Waals surface area contributed by atoms with Gasteiger partial charge >= 0.3 is 0 Å². The average molecular weight is 459 g/mol. The van der Waals surface area contributed by atoms with Gasteiger partial charge in [0.05, 0.1) is 25.1 Å². The molecule has 0 aliphatic rings. The van der Waals surface area contributed by atoms with Crippen molar-refractivity contribution in [2.75, 3.05) is 7.11 Å². The first-order valence-electron chi connectivity index (χ1n) is 10.2. The fourth-order valence-corrected chi connectivity index (χ4v) is 4.01. The summed E-state index contributed by atoms with van der Waals surface area (Å²) in [5.74, 6) is 0.778. The van der Waals surface area contributed by atoms with Gasteiger partial charge in [0.15, 0.2) is 5.76 Å². The quantitative estimate of drug-likeness (QED) is 0.319. The van der Waals surface area contributed by atoms with Crippen molar-refractivity contribution in [1.82, 2.24) is 19.5 Å². The van der Waals surface area contributed by atoms with Crippen LogP contribution in [0.25, 0.3) is 22.5 Å².